The molecule has 0 saturated carbocycles. The van der Waals surface area contributed by atoms with Crippen LogP contribution in [-0.4, -0.2) is 67.5 Å². The molecule has 0 saturated heterocycles. The average Bonchev–Trinajstić information content (AvgIpc) is 2.82. The topological polar surface area (TPSA) is 111 Å². The van der Waals surface area contributed by atoms with E-state index in [2.05, 4.69) is 10.1 Å². The SMILES string of the molecule is COCCOCCOCCOC(=O)Cn1cnc(N)n1. The largest absolute Gasteiger partial charge is 0.462 e. The van der Waals surface area contributed by atoms with Gasteiger partial charge in [0.2, 0.25) is 5.95 Å². The van der Waals surface area contributed by atoms with Gasteiger partial charge >= 0.3 is 5.97 Å². The first kappa shape index (κ1) is 16.3. The van der Waals surface area contributed by atoms with E-state index in [1.807, 2.05) is 0 Å². The van der Waals surface area contributed by atoms with E-state index in [1.165, 1.54) is 11.0 Å². The number of aromatic nitrogens is 3. The van der Waals surface area contributed by atoms with Crippen LogP contribution in [0.3, 0.4) is 0 Å². The Morgan fingerprint density at radius 3 is 2.45 bits per heavy atom. The number of nitrogens with zero attached hydrogens (tertiary/aromatic N) is 3. The number of carbonyl (C=O) groups is 1. The molecule has 0 radical (unpaired) electrons. The van der Waals surface area contributed by atoms with Crippen molar-refractivity contribution in [1.82, 2.24) is 14.8 Å². The summed E-state index contributed by atoms with van der Waals surface area (Å²) in [5.74, 6) is -0.301. The van der Waals surface area contributed by atoms with E-state index in [0.29, 0.717) is 33.0 Å². The third-order valence-electron chi connectivity index (χ3n) is 2.14. The molecule has 0 spiro atoms. The zero-order valence-electron chi connectivity index (χ0n) is 11.5. The van der Waals surface area contributed by atoms with Gasteiger partial charge in [-0.15, -0.1) is 5.10 Å². The lowest BCUT2D eigenvalue weighted by Gasteiger charge is -2.06. The Hall–Kier alpha value is -1.71. The van der Waals surface area contributed by atoms with Gasteiger partial charge in [-0.1, -0.05) is 0 Å². The van der Waals surface area contributed by atoms with Crippen molar-refractivity contribution in [3.63, 3.8) is 0 Å². The first-order valence-electron chi connectivity index (χ1n) is 6.17. The molecule has 0 atom stereocenters. The molecule has 0 amide bonds. The van der Waals surface area contributed by atoms with Gasteiger partial charge in [0.1, 0.15) is 19.5 Å². The Bertz CT molecular complexity index is 385. The maximum Gasteiger partial charge on any atom is 0.327 e. The van der Waals surface area contributed by atoms with Crippen LogP contribution in [0.1, 0.15) is 0 Å². The van der Waals surface area contributed by atoms with E-state index < -0.39 is 5.97 Å². The van der Waals surface area contributed by atoms with Crippen molar-refractivity contribution >= 4 is 11.9 Å². The minimum Gasteiger partial charge on any atom is -0.462 e. The minimum atomic E-state index is -0.421. The summed E-state index contributed by atoms with van der Waals surface area (Å²) in [5.41, 5.74) is 5.32. The van der Waals surface area contributed by atoms with Crippen LogP contribution in [0.4, 0.5) is 5.95 Å². The van der Waals surface area contributed by atoms with E-state index in [4.69, 9.17) is 24.7 Å². The molecule has 9 nitrogen and oxygen atoms in total. The molecule has 0 aromatic carbocycles. The van der Waals surface area contributed by atoms with Crippen molar-refractivity contribution in [2.24, 2.45) is 0 Å². The van der Waals surface area contributed by atoms with E-state index >= 15 is 0 Å². The average molecular weight is 288 g/mol. The van der Waals surface area contributed by atoms with Crippen LogP contribution in [0, 0.1) is 0 Å². The Labute approximate surface area is 116 Å². The van der Waals surface area contributed by atoms with Crippen LogP contribution in [0.2, 0.25) is 0 Å². The summed E-state index contributed by atoms with van der Waals surface area (Å²) >= 11 is 0. The van der Waals surface area contributed by atoms with Gasteiger partial charge in [-0.05, 0) is 0 Å². The molecule has 0 aliphatic rings. The molecular weight excluding hydrogens is 268 g/mol. The maximum atomic E-state index is 11.4. The van der Waals surface area contributed by atoms with Gasteiger partial charge in [0, 0.05) is 7.11 Å². The molecule has 0 fully saturated rings. The smallest absolute Gasteiger partial charge is 0.327 e. The van der Waals surface area contributed by atoms with Crippen molar-refractivity contribution < 1.29 is 23.7 Å². The predicted octanol–water partition coefficient (Wildman–Crippen LogP) is -0.917. The number of hydrogen-bond donors (Lipinski definition) is 1. The maximum absolute atomic E-state index is 11.4. The van der Waals surface area contributed by atoms with Crippen LogP contribution >= 0.6 is 0 Å². The van der Waals surface area contributed by atoms with Crippen LogP contribution in [-0.2, 0) is 30.3 Å². The first-order chi connectivity index (χ1) is 9.72. The predicted molar refractivity (Wildman–Crippen MR) is 68.9 cm³/mol. The summed E-state index contributed by atoms with van der Waals surface area (Å²) in [6, 6.07) is 0. The second kappa shape index (κ2) is 10.1. The lowest BCUT2D eigenvalue weighted by Crippen LogP contribution is -2.17. The number of hydrogen-bond acceptors (Lipinski definition) is 8. The highest BCUT2D eigenvalue weighted by molar-refractivity contribution is 5.68. The molecule has 1 aromatic heterocycles. The van der Waals surface area contributed by atoms with Gasteiger partial charge in [-0.3, -0.25) is 4.79 Å². The van der Waals surface area contributed by atoms with Crippen LogP contribution in [0.15, 0.2) is 6.33 Å². The molecule has 20 heavy (non-hydrogen) atoms. The number of rotatable bonds is 11. The highest BCUT2D eigenvalue weighted by Crippen LogP contribution is 1.91. The van der Waals surface area contributed by atoms with Gasteiger partial charge in [0.15, 0.2) is 0 Å². The Morgan fingerprint density at radius 1 is 1.20 bits per heavy atom. The number of methoxy groups -OCH3 is 1. The van der Waals surface area contributed by atoms with Crippen molar-refractivity contribution in [3.05, 3.63) is 6.33 Å². The van der Waals surface area contributed by atoms with Gasteiger partial charge in [0.25, 0.3) is 0 Å². The molecule has 1 rings (SSSR count). The molecule has 1 aromatic rings. The van der Waals surface area contributed by atoms with Crippen molar-refractivity contribution in [3.8, 4) is 0 Å². The summed E-state index contributed by atoms with van der Waals surface area (Å²) in [6.07, 6.45) is 1.37. The quantitative estimate of drug-likeness (QED) is 0.411. The highest BCUT2D eigenvalue weighted by atomic mass is 16.6. The molecule has 1 heterocycles. The lowest BCUT2D eigenvalue weighted by atomic mass is 10.6. The number of esters is 1. The van der Waals surface area contributed by atoms with E-state index in [-0.39, 0.29) is 19.1 Å². The molecule has 0 aliphatic heterocycles. The number of nitrogens with two attached hydrogens (primary N) is 1. The molecule has 0 aliphatic carbocycles. The van der Waals surface area contributed by atoms with Gasteiger partial charge in [-0.2, -0.15) is 0 Å². The van der Waals surface area contributed by atoms with E-state index in [0.717, 1.165) is 0 Å². The first-order valence-corrected chi connectivity index (χ1v) is 6.17. The fourth-order valence-electron chi connectivity index (χ4n) is 1.24. The van der Waals surface area contributed by atoms with Gasteiger partial charge in [-0.25, -0.2) is 9.67 Å². The van der Waals surface area contributed by atoms with Gasteiger partial charge < -0.3 is 24.7 Å². The molecular formula is C11H20N4O5. The van der Waals surface area contributed by atoms with E-state index in [1.54, 1.807) is 7.11 Å². The van der Waals surface area contributed by atoms with Crippen LogP contribution in [0.25, 0.3) is 0 Å². The second-order valence-electron chi connectivity index (χ2n) is 3.74. The highest BCUT2D eigenvalue weighted by Gasteiger charge is 2.05. The van der Waals surface area contributed by atoms with Crippen molar-refractivity contribution in [1.29, 1.82) is 0 Å². The number of ether oxygens (including phenoxy) is 4. The third-order valence-corrected chi connectivity index (χ3v) is 2.14. The standard InChI is InChI=1S/C11H20N4O5/c1-17-2-3-18-4-5-19-6-7-20-10(16)8-15-9-13-11(12)14-15/h9H,2-8H2,1H3,(H2,12,14). The summed E-state index contributed by atoms with van der Waals surface area (Å²) in [4.78, 5) is 15.1. The zero-order valence-corrected chi connectivity index (χ0v) is 11.5. The number of carbonyl (C=O) groups excluding carboxylic acids is 1. The van der Waals surface area contributed by atoms with E-state index in [9.17, 15) is 4.79 Å². The fourth-order valence-corrected chi connectivity index (χ4v) is 1.24. The Morgan fingerprint density at radius 2 is 1.85 bits per heavy atom. The summed E-state index contributed by atoms with van der Waals surface area (Å²) in [7, 11) is 1.61. The molecule has 0 bridgehead atoms. The fraction of sp³-hybridized carbons (Fsp3) is 0.727. The third kappa shape index (κ3) is 7.67. The summed E-state index contributed by atoms with van der Waals surface area (Å²) in [5, 5.41) is 3.77. The Balaban J connectivity index is 1.92. The summed E-state index contributed by atoms with van der Waals surface area (Å²) < 4.78 is 21.5. The van der Waals surface area contributed by atoms with Crippen molar-refractivity contribution in [2.45, 2.75) is 6.54 Å². The van der Waals surface area contributed by atoms with Crippen LogP contribution < -0.4 is 5.73 Å². The van der Waals surface area contributed by atoms with Gasteiger partial charge in [0.05, 0.1) is 33.0 Å². The molecule has 2 N–H and O–H groups in total. The molecule has 9 heteroatoms. The Kier molecular flexibility index (Phi) is 8.27. The lowest BCUT2D eigenvalue weighted by molar-refractivity contribution is -0.146. The zero-order chi connectivity index (χ0) is 14.6. The molecule has 114 valence electrons. The normalized spacial score (nSPS) is 10.7. The second-order valence-corrected chi connectivity index (χ2v) is 3.74. The van der Waals surface area contributed by atoms with Crippen LogP contribution in [0.5, 0.6) is 0 Å². The number of nitrogen functional groups attached to an aromatic ring is 1. The number of anilines is 1. The minimum absolute atomic E-state index is 0.0235. The monoisotopic (exact) mass is 288 g/mol. The van der Waals surface area contributed by atoms with Crippen molar-refractivity contribution in [2.75, 3.05) is 52.5 Å². The molecule has 0 unspecified atom stereocenters. The summed E-state index contributed by atoms with van der Waals surface area (Å²) in [6.45, 7) is 2.50.